The lowest BCUT2D eigenvalue weighted by Gasteiger charge is -2.28. The molecule has 0 nitrogen and oxygen atoms in total. The second kappa shape index (κ2) is 20.7. The first-order valence-electron chi connectivity index (χ1n) is 28.8. The number of hydrogen-bond acceptors (Lipinski definition) is 0. The molecule has 0 saturated heterocycles. The van der Waals surface area contributed by atoms with E-state index in [0.29, 0.717) is 29.6 Å². The first kappa shape index (κ1) is 53.4. The molecule has 10 rings (SSSR count). The molecule has 0 unspecified atom stereocenters. The second-order valence-electron chi connectivity index (χ2n) is 25.9. The summed E-state index contributed by atoms with van der Waals surface area (Å²) in [5.74, 6) is 1.84. The zero-order valence-corrected chi connectivity index (χ0v) is 49.1. The van der Waals surface area contributed by atoms with Gasteiger partial charge in [0.25, 0.3) is 0 Å². The lowest BCUT2D eigenvalue weighted by Crippen LogP contribution is -2.10. The van der Waals surface area contributed by atoms with E-state index in [1.807, 2.05) is 0 Å². The van der Waals surface area contributed by atoms with Crippen LogP contribution < -0.4 is 0 Å². The largest absolute Gasteiger partial charge is 0.0587 e. The molecule has 0 aliphatic carbocycles. The van der Waals surface area contributed by atoms with Crippen molar-refractivity contribution in [2.45, 2.75) is 151 Å². The monoisotopic (exact) mass is 1010 g/mol. The lowest BCUT2D eigenvalue weighted by molar-refractivity contribution is 0.590. The standard InChI is InChI=1S/C77H82/c1-46(2)51-17-25-57(26-18-51)70-64-42-37-61(48(5)6)43-67(64)71(59-29-21-53(22-30-59)55-33-38-62(39-34-55)76(11,12)13)75-73(58-27-19-52(20-28-58)47(3)4)69-45-66(50(9)10)65(49(7)8)44-68(69)72(74(70)75)60-31-23-54(24-32-60)56-35-40-63(41-36-56)77(14,15)16/h17-50H,1-16H3. The molecule has 0 heteroatoms. The molecule has 0 aromatic heterocycles. The second-order valence-corrected chi connectivity index (χ2v) is 25.9. The third-order valence-electron chi connectivity index (χ3n) is 16.8. The number of hydrogen-bond donors (Lipinski definition) is 0. The number of fused-ring (bicyclic) bond motifs is 3. The van der Waals surface area contributed by atoms with Crippen molar-refractivity contribution in [1.29, 1.82) is 0 Å². The topological polar surface area (TPSA) is 0 Å². The fraction of sp³-hybridized carbons (Fsp3) is 0.299. The highest BCUT2D eigenvalue weighted by Gasteiger charge is 2.29. The SMILES string of the molecule is CC(C)c1ccc(-c2c3ccc(C(C)C)cc3c(-c3ccc(-c4ccc(C(C)(C)C)cc4)cc3)c3c(-c4ccc(C(C)C)cc4)c4cc(C(C)C)c(C(C)C)cc4c(-c4ccc(-c5ccc(C(C)(C)C)cc5)cc4)c23)cc1. The fourth-order valence-electron chi connectivity index (χ4n) is 11.9. The summed E-state index contributed by atoms with van der Waals surface area (Å²) in [6.45, 7) is 37.1. The van der Waals surface area contributed by atoms with Crippen molar-refractivity contribution in [2.24, 2.45) is 0 Å². The Morgan fingerprint density at radius 1 is 0.234 bits per heavy atom. The molecule has 0 heterocycles. The average molecular weight is 1010 g/mol. The van der Waals surface area contributed by atoms with Crippen LogP contribution in [-0.2, 0) is 10.8 Å². The minimum absolute atomic E-state index is 0.0873. The van der Waals surface area contributed by atoms with Gasteiger partial charge in [0.2, 0.25) is 0 Å². The van der Waals surface area contributed by atoms with Gasteiger partial charge in [-0.05, 0) is 191 Å². The highest BCUT2D eigenvalue weighted by atomic mass is 14.3. The summed E-state index contributed by atoms with van der Waals surface area (Å²) in [4.78, 5) is 0. The molecular weight excluding hydrogens is 925 g/mol. The summed E-state index contributed by atoms with van der Waals surface area (Å²) in [6, 6.07) is 69.3. The van der Waals surface area contributed by atoms with Crippen molar-refractivity contribution in [1.82, 2.24) is 0 Å². The molecule has 0 aliphatic heterocycles. The summed E-state index contributed by atoms with van der Waals surface area (Å²) in [6.07, 6.45) is 0. The first-order valence-corrected chi connectivity index (χ1v) is 28.8. The summed E-state index contributed by atoms with van der Waals surface area (Å²) >= 11 is 0. The maximum atomic E-state index is 2.61. The summed E-state index contributed by atoms with van der Waals surface area (Å²) in [5, 5.41) is 7.77. The lowest BCUT2D eigenvalue weighted by atomic mass is 9.75. The van der Waals surface area contributed by atoms with Gasteiger partial charge in [-0.2, -0.15) is 0 Å². The molecule has 0 aliphatic rings. The van der Waals surface area contributed by atoms with Crippen LogP contribution in [0.5, 0.6) is 0 Å². The minimum atomic E-state index is 0.0873. The molecule has 0 spiro atoms. The molecular formula is C77H82. The normalized spacial score (nSPS) is 12.5. The van der Waals surface area contributed by atoms with E-state index in [4.69, 9.17) is 0 Å². The summed E-state index contributed by atoms with van der Waals surface area (Å²) < 4.78 is 0. The third-order valence-corrected chi connectivity index (χ3v) is 16.8. The van der Waals surface area contributed by atoms with Crippen LogP contribution in [-0.4, -0.2) is 0 Å². The molecule has 77 heavy (non-hydrogen) atoms. The predicted octanol–water partition coefficient (Wildman–Crippen LogP) is 23.4. The van der Waals surface area contributed by atoms with Crippen LogP contribution in [0.15, 0.2) is 176 Å². The maximum Gasteiger partial charge on any atom is -0.000139 e. The van der Waals surface area contributed by atoms with E-state index in [1.54, 1.807) is 0 Å². The van der Waals surface area contributed by atoms with Gasteiger partial charge in [0.05, 0.1) is 0 Å². The van der Waals surface area contributed by atoms with E-state index >= 15 is 0 Å². The van der Waals surface area contributed by atoms with Gasteiger partial charge < -0.3 is 0 Å². The van der Waals surface area contributed by atoms with Crippen LogP contribution >= 0.6 is 0 Å². The van der Waals surface area contributed by atoms with E-state index in [0.717, 1.165) is 0 Å². The molecule has 10 aromatic carbocycles. The van der Waals surface area contributed by atoms with E-state index in [2.05, 4.69) is 287 Å². The summed E-state index contributed by atoms with van der Waals surface area (Å²) in [7, 11) is 0. The maximum absolute atomic E-state index is 2.61. The molecule has 0 bridgehead atoms. The van der Waals surface area contributed by atoms with Crippen LogP contribution in [0.1, 0.15) is 179 Å². The van der Waals surface area contributed by atoms with Gasteiger partial charge in [-0.15, -0.1) is 0 Å². The van der Waals surface area contributed by atoms with Crippen LogP contribution in [0.4, 0.5) is 0 Å². The van der Waals surface area contributed by atoms with Gasteiger partial charge in [-0.1, -0.05) is 275 Å². The Morgan fingerprint density at radius 3 is 0.766 bits per heavy atom. The number of benzene rings is 10. The average Bonchev–Trinajstić information content (AvgIpc) is 3.42. The molecule has 390 valence electrons. The molecule has 0 atom stereocenters. The van der Waals surface area contributed by atoms with Gasteiger partial charge in [-0.3, -0.25) is 0 Å². The van der Waals surface area contributed by atoms with Crippen LogP contribution in [0.25, 0.3) is 99.1 Å². The van der Waals surface area contributed by atoms with E-state index < -0.39 is 0 Å². The highest BCUT2D eigenvalue weighted by Crippen LogP contribution is 2.55. The molecule has 0 fully saturated rings. The Morgan fingerprint density at radius 2 is 0.481 bits per heavy atom. The van der Waals surface area contributed by atoms with Crippen molar-refractivity contribution in [3.8, 4) is 66.8 Å². The molecule has 10 aromatic rings. The van der Waals surface area contributed by atoms with Gasteiger partial charge in [-0.25, -0.2) is 0 Å². The van der Waals surface area contributed by atoms with Crippen LogP contribution in [0, 0.1) is 0 Å². The van der Waals surface area contributed by atoms with Crippen molar-refractivity contribution >= 4 is 32.3 Å². The third kappa shape index (κ3) is 10.2. The van der Waals surface area contributed by atoms with Crippen LogP contribution in [0.3, 0.4) is 0 Å². The van der Waals surface area contributed by atoms with Crippen molar-refractivity contribution < 1.29 is 0 Å². The smallest absolute Gasteiger partial charge is 0.000139 e. The van der Waals surface area contributed by atoms with E-state index in [-0.39, 0.29) is 10.8 Å². The predicted molar refractivity (Wildman–Crippen MR) is 339 cm³/mol. The Labute approximate surface area is 462 Å². The molecule has 0 saturated carbocycles. The number of rotatable bonds is 11. The summed E-state index contributed by atoms with van der Waals surface area (Å²) in [5.41, 5.74) is 24.7. The van der Waals surface area contributed by atoms with Crippen molar-refractivity contribution in [2.75, 3.05) is 0 Å². The van der Waals surface area contributed by atoms with E-state index in [9.17, 15) is 0 Å². The quantitative estimate of drug-likeness (QED) is 0.113. The van der Waals surface area contributed by atoms with Gasteiger partial charge >= 0.3 is 0 Å². The first-order chi connectivity index (χ1) is 36.6. The van der Waals surface area contributed by atoms with Gasteiger partial charge in [0.15, 0.2) is 0 Å². The zero-order chi connectivity index (χ0) is 54.8. The van der Waals surface area contributed by atoms with E-state index in [1.165, 1.54) is 138 Å². The minimum Gasteiger partial charge on any atom is -0.0587 e. The van der Waals surface area contributed by atoms with Gasteiger partial charge in [0, 0.05) is 0 Å². The highest BCUT2D eigenvalue weighted by molar-refractivity contribution is 6.34. The molecule has 0 N–H and O–H groups in total. The molecule has 0 radical (unpaired) electrons. The molecule has 0 amide bonds. The fourth-order valence-corrected chi connectivity index (χ4v) is 11.9. The Bertz CT molecular complexity index is 3750. The van der Waals surface area contributed by atoms with Crippen LogP contribution in [0.2, 0.25) is 0 Å². The Kier molecular flexibility index (Phi) is 14.4. The van der Waals surface area contributed by atoms with Crippen molar-refractivity contribution in [3.05, 3.63) is 215 Å². The van der Waals surface area contributed by atoms with Gasteiger partial charge in [0.1, 0.15) is 0 Å². The Hall–Kier alpha value is -7.02. The van der Waals surface area contributed by atoms with Crippen molar-refractivity contribution in [3.63, 3.8) is 0 Å². The zero-order valence-electron chi connectivity index (χ0n) is 49.1. The Balaban J connectivity index is 1.43.